The molecule has 2 aliphatic heterocycles. The molecule has 1 aliphatic carbocycles. The number of halogens is 1. The van der Waals surface area contributed by atoms with E-state index in [9.17, 15) is 9.18 Å². The van der Waals surface area contributed by atoms with Gasteiger partial charge in [0, 0.05) is 55.7 Å². The van der Waals surface area contributed by atoms with Crippen molar-refractivity contribution in [3.8, 4) is 0 Å². The van der Waals surface area contributed by atoms with Crippen LogP contribution in [0.1, 0.15) is 45.1 Å². The third kappa shape index (κ3) is 4.73. The van der Waals surface area contributed by atoms with Crippen LogP contribution in [0.3, 0.4) is 0 Å². The van der Waals surface area contributed by atoms with Crippen molar-refractivity contribution in [2.75, 3.05) is 31.1 Å². The second-order valence-electron chi connectivity index (χ2n) is 9.40. The fourth-order valence-electron chi connectivity index (χ4n) is 4.61. The highest BCUT2D eigenvalue weighted by molar-refractivity contribution is 5.83. The molecule has 2 fully saturated rings. The highest BCUT2D eigenvalue weighted by atomic mass is 19.1. The van der Waals surface area contributed by atoms with Gasteiger partial charge in [0.2, 0.25) is 0 Å². The summed E-state index contributed by atoms with van der Waals surface area (Å²) in [5.74, 6) is 0.221. The molecule has 1 saturated carbocycles. The van der Waals surface area contributed by atoms with Gasteiger partial charge in [-0.25, -0.2) is 9.18 Å². The molecule has 0 amide bonds. The minimum absolute atomic E-state index is 0.215. The molecule has 1 saturated heterocycles. The number of piperazine rings is 1. The maximum absolute atomic E-state index is 15.0. The first-order valence-corrected chi connectivity index (χ1v) is 12.3. The van der Waals surface area contributed by atoms with Gasteiger partial charge in [0.1, 0.15) is 11.4 Å². The van der Waals surface area contributed by atoms with Crippen LogP contribution in [0.25, 0.3) is 16.5 Å². The van der Waals surface area contributed by atoms with Gasteiger partial charge in [-0.3, -0.25) is 0 Å². The minimum atomic E-state index is -0.378. The van der Waals surface area contributed by atoms with Crippen LogP contribution >= 0.6 is 0 Å². The second kappa shape index (κ2) is 9.63. The Morgan fingerprint density at radius 2 is 2.03 bits per heavy atom. The Morgan fingerprint density at radius 3 is 2.76 bits per heavy atom. The lowest BCUT2D eigenvalue weighted by Gasteiger charge is -2.29. The monoisotopic (exact) mass is 461 g/mol. The highest BCUT2D eigenvalue weighted by Crippen LogP contribution is 2.41. The predicted molar refractivity (Wildman–Crippen MR) is 136 cm³/mol. The molecule has 1 aromatic heterocycles. The molecule has 0 unspecified atom stereocenters. The third-order valence-corrected chi connectivity index (χ3v) is 6.74. The maximum atomic E-state index is 15.0. The lowest BCUT2D eigenvalue weighted by molar-refractivity contribution is 0.528. The Bertz CT molecular complexity index is 1260. The molecule has 2 aromatic rings. The summed E-state index contributed by atoms with van der Waals surface area (Å²) in [6.45, 7) is 7.71. The SMILES string of the molecule is CCC/C=C1\C(F)=CC(C2CC2)=CN1/C=C(\C)c1cc2ccc(N3CCNCC3)cc2oc1=O. The first-order valence-electron chi connectivity index (χ1n) is 12.3. The molecule has 1 aromatic carbocycles. The van der Waals surface area contributed by atoms with E-state index >= 15 is 0 Å². The Balaban J connectivity index is 1.48. The van der Waals surface area contributed by atoms with E-state index in [1.165, 1.54) is 0 Å². The lowest BCUT2D eigenvalue weighted by atomic mass is 10.0. The van der Waals surface area contributed by atoms with Gasteiger partial charge in [0.15, 0.2) is 0 Å². The molecular weight excluding hydrogens is 429 g/mol. The van der Waals surface area contributed by atoms with Crippen molar-refractivity contribution in [3.63, 3.8) is 0 Å². The van der Waals surface area contributed by atoms with Gasteiger partial charge in [-0.1, -0.05) is 19.4 Å². The Labute approximate surface area is 199 Å². The zero-order chi connectivity index (χ0) is 23.7. The standard InChI is InChI=1S/C28H32FN3O2/c1-3-4-5-26-25(29)15-22(20-6-7-20)18-32(26)17-19(2)24-14-21-8-9-23(16-27(21)34-28(24)33)31-12-10-30-11-13-31/h5,8-9,14-18,20,30H,3-4,6-7,10-13H2,1-2H3/b19-17+,26-5+. The molecule has 0 spiro atoms. The average Bonchev–Trinajstić information content (AvgIpc) is 3.69. The second-order valence-corrected chi connectivity index (χ2v) is 9.40. The van der Waals surface area contributed by atoms with Gasteiger partial charge < -0.3 is 19.5 Å². The van der Waals surface area contributed by atoms with Crippen molar-refractivity contribution in [3.05, 3.63) is 81.9 Å². The summed E-state index contributed by atoms with van der Waals surface area (Å²) in [5.41, 5.74) is 4.06. The number of hydrogen-bond donors (Lipinski definition) is 1. The van der Waals surface area contributed by atoms with E-state index in [1.807, 2.05) is 48.5 Å². The number of allylic oxidation sites excluding steroid dienone is 5. The van der Waals surface area contributed by atoms with Crippen molar-refractivity contribution in [1.82, 2.24) is 10.2 Å². The summed E-state index contributed by atoms with van der Waals surface area (Å²) in [6.07, 6.45) is 11.4. The van der Waals surface area contributed by atoms with Crippen LogP contribution in [-0.2, 0) is 0 Å². The van der Waals surface area contributed by atoms with Crippen molar-refractivity contribution in [1.29, 1.82) is 0 Å². The number of hydrogen-bond acceptors (Lipinski definition) is 5. The summed E-state index contributed by atoms with van der Waals surface area (Å²) in [6, 6.07) is 7.92. The number of benzene rings is 1. The molecule has 0 bridgehead atoms. The lowest BCUT2D eigenvalue weighted by Crippen LogP contribution is -2.43. The van der Waals surface area contributed by atoms with Crippen LogP contribution in [0.4, 0.5) is 10.1 Å². The van der Waals surface area contributed by atoms with E-state index in [0.717, 1.165) is 74.1 Å². The molecule has 0 atom stereocenters. The van der Waals surface area contributed by atoms with E-state index in [4.69, 9.17) is 4.42 Å². The van der Waals surface area contributed by atoms with Crippen molar-refractivity contribution < 1.29 is 8.81 Å². The van der Waals surface area contributed by atoms with Crippen LogP contribution < -0.4 is 15.8 Å². The normalized spacial score (nSPS) is 20.7. The van der Waals surface area contributed by atoms with Gasteiger partial charge in [0.05, 0.1) is 11.3 Å². The van der Waals surface area contributed by atoms with Crippen LogP contribution in [0.2, 0.25) is 0 Å². The molecule has 0 radical (unpaired) electrons. The number of anilines is 1. The fraction of sp³-hybridized carbons (Fsp3) is 0.393. The van der Waals surface area contributed by atoms with E-state index in [2.05, 4.69) is 23.2 Å². The molecule has 6 heteroatoms. The number of nitrogens with zero attached hydrogens (tertiary/aromatic N) is 2. The number of fused-ring (bicyclic) bond motifs is 1. The number of nitrogens with one attached hydrogen (secondary N) is 1. The zero-order valence-electron chi connectivity index (χ0n) is 19.9. The van der Waals surface area contributed by atoms with Gasteiger partial charge in [-0.15, -0.1) is 0 Å². The molecule has 3 heterocycles. The van der Waals surface area contributed by atoms with Gasteiger partial charge in [0.25, 0.3) is 0 Å². The number of unbranched alkanes of at least 4 members (excludes halogenated alkanes) is 1. The molecular formula is C28H32FN3O2. The smallest absolute Gasteiger partial charge is 0.343 e. The molecule has 34 heavy (non-hydrogen) atoms. The molecule has 5 rings (SSSR count). The van der Waals surface area contributed by atoms with Crippen LogP contribution in [0.15, 0.2) is 75.1 Å². The van der Waals surface area contributed by atoms with E-state index in [-0.39, 0.29) is 11.5 Å². The molecule has 1 N–H and O–H groups in total. The zero-order valence-corrected chi connectivity index (χ0v) is 19.9. The van der Waals surface area contributed by atoms with E-state index in [0.29, 0.717) is 22.8 Å². The predicted octanol–water partition coefficient (Wildman–Crippen LogP) is 5.71. The summed E-state index contributed by atoms with van der Waals surface area (Å²) in [4.78, 5) is 17.1. The Morgan fingerprint density at radius 1 is 1.24 bits per heavy atom. The summed E-state index contributed by atoms with van der Waals surface area (Å²) >= 11 is 0. The van der Waals surface area contributed by atoms with Crippen LogP contribution in [-0.4, -0.2) is 31.1 Å². The number of rotatable bonds is 6. The molecule has 5 nitrogen and oxygen atoms in total. The summed E-state index contributed by atoms with van der Waals surface area (Å²) < 4.78 is 20.7. The van der Waals surface area contributed by atoms with E-state index in [1.54, 1.807) is 6.08 Å². The first kappa shape index (κ1) is 22.7. The third-order valence-electron chi connectivity index (χ3n) is 6.74. The summed E-state index contributed by atoms with van der Waals surface area (Å²) in [7, 11) is 0. The minimum Gasteiger partial charge on any atom is -0.422 e. The van der Waals surface area contributed by atoms with Crippen molar-refractivity contribution in [2.45, 2.75) is 39.5 Å². The first-order chi connectivity index (χ1) is 16.5. The quantitative estimate of drug-likeness (QED) is 0.559. The Hall–Kier alpha value is -3.12. The van der Waals surface area contributed by atoms with Gasteiger partial charge >= 0.3 is 5.63 Å². The van der Waals surface area contributed by atoms with Gasteiger partial charge in [-0.2, -0.15) is 0 Å². The Kier molecular flexibility index (Phi) is 6.42. The van der Waals surface area contributed by atoms with E-state index < -0.39 is 0 Å². The van der Waals surface area contributed by atoms with Crippen molar-refractivity contribution in [2.24, 2.45) is 5.92 Å². The highest BCUT2D eigenvalue weighted by Gasteiger charge is 2.29. The fourth-order valence-corrected chi connectivity index (χ4v) is 4.61. The van der Waals surface area contributed by atoms with Crippen LogP contribution in [0.5, 0.6) is 0 Å². The summed E-state index contributed by atoms with van der Waals surface area (Å²) in [5, 5.41) is 4.23. The molecule has 3 aliphatic rings. The topological polar surface area (TPSA) is 48.7 Å². The van der Waals surface area contributed by atoms with Crippen LogP contribution in [0, 0.1) is 5.92 Å². The van der Waals surface area contributed by atoms with Gasteiger partial charge in [-0.05, 0) is 67.5 Å². The largest absolute Gasteiger partial charge is 0.422 e. The van der Waals surface area contributed by atoms with Crippen molar-refractivity contribution >= 4 is 22.2 Å². The molecule has 178 valence electrons. The average molecular weight is 462 g/mol. The maximum Gasteiger partial charge on any atom is 0.343 e.